The maximum atomic E-state index is 14.4. The third-order valence-corrected chi connectivity index (χ3v) is 6.20. The van der Waals surface area contributed by atoms with Crippen LogP contribution in [0.3, 0.4) is 0 Å². The third kappa shape index (κ3) is 3.62. The van der Waals surface area contributed by atoms with Crippen LogP contribution in [-0.4, -0.2) is 55.2 Å². The van der Waals surface area contributed by atoms with E-state index < -0.39 is 17.7 Å². The fourth-order valence-corrected chi connectivity index (χ4v) is 4.83. The lowest BCUT2D eigenvalue weighted by atomic mass is 9.92. The van der Waals surface area contributed by atoms with E-state index in [-0.39, 0.29) is 24.2 Å². The number of aromatic amines is 1. The molecule has 2 bridgehead atoms. The number of amides is 1. The average Bonchev–Trinajstić information content (AvgIpc) is 3.32. The summed E-state index contributed by atoms with van der Waals surface area (Å²) in [4.78, 5) is 30.3. The lowest BCUT2D eigenvalue weighted by Crippen LogP contribution is -2.55. The number of aryl methyl sites for hydroxylation is 2. The second-order valence-electron chi connectivity index (χ2n) is 9.92. The monoisotopic (exact) mass is 469 g/mol. The first-order valence-electron chi connectivity index (χ1n) is 11.3. The zero-order chi connectivity index (χ0) is 24.4. The SMILES string of the molecule is Cc1cc(-n2nc3c(c2-n2cc[nH]c2=O)[C@@H]2COC[C@H](C3)N2C(=O)OC(C)(C)C)cc(C)c1F. The Hall–Kier alpha value is -3.40. The molecule has 0 spiro atoms. The minimum Gasteiger partial charge on any atom is -0.444 e. The summed E-state index contributed by atoms with van der Waals surface area (Å²) in [5, 5.41) is 4.87. The van der Waals surface area contributed by atoms with Gasteiger partial charge in [-0.05, 0) is 57.9 Å². The number of morpholine rings is 1. The number of H-pyrrole nitrogens is 1. The van der Waals surface area contributed by atoms with E-state index >= 15 is 0 Å². The number of benzene rings is 1. The average molecular weight is 470 g/mol. The molecule has 10 heteroatoms. The number of hydrogen-bond acceptors (Lipinski definition) is 5. The van der Waals surface area contributed by atoms with Crippen molar-refractivity contribution in [3.05, 3.63) is 63.2 Å². The quantitative estimate of drug-likeness (QED) is 0.621. The lowest BCUT2D eigenvalue weighted by molar-refractivity contribution is -0.0675. The Bertz CT molecular complexity index is 1310. The molecule has 1 fully saturated rings. The number of ether oxygens (including phenoxy) is 2. The van der Waals surface area contributed by atoms with Gasteiger partial charge < -0.3 is 14.5 Å². The number of halogens is 1. The fraction of sp³-hybridized carbons (Fsp3) is 0.458. The van der Waals surface area contributed by atoms with E-state index in [1.165, 1.54) is 4.57 Å². The molecular formula is C24H28FN5O4. The first kappa shape index (κ1) is 22.4. The molecule has 1 N–H and O–H groups in total. The molecule has 2 aliphatic heterocycles. The number of hydrogen-bond donors (Lipinski definition) is 1. The summed E-state index contributed by atoms with van der Waals surface area (Å²) < 4.78 is 29.0. The molecule has 5 rings (SSSR count). The van der Waals surface area contributed by atoms with Crippen molar-refractivity contribution < 1.29 is 18.7 Å². The van der Waals surface area contributed by atoms with Crippen molar-refractivity contribution in [2.24, 2.45) is 0 Å². The number of imidazole rings is 1. The smallest absolute Gasteiger partial charge is 0.411 e. The summed E-state index contributed by atoms with van der Waals surface area (Å²) in [6, 6.07) is 2.69. The van der Waals surface area contributed by atoms with Gasteiger partial charge in [-0.15, -0.1) is 0 Å². The Morgan fingerprint density at radius 1 is 1.24 bits per heavy atom. The van der Waals surface area contributed by atoms with Gasteiger partial charge in [-0.1, -0.05) is 0 Å². The minimum absolute atomic E-state index is 0.239. The van der Waals surface area contributed by atoms with Gasteiger partial charge in [0.2, 0.25) is 0 Å². The highest BCUT2D eigenvalue weighted by atomic mass is 19.1. The molecule has 2 aromatic heterocycles. The molecular weight excluding hydrogens is 441 g/mol. The van der Waals surface area contributed by atoms with Gasteiger partial charge in [0.05, 0.1) is 36.7 Å². The molecule has 1 amide bonds. The van der Waals surface area contributed by atoms with Gasteiger partial charge in [-0.3, -0.25) is 9.47 Å². The van der Waals surface area contributed by atoms with Crippen molar-refractivity contribution >= 4 is 6.09 Å². The van der Waals surface area contributed by atoms with Crippen LogP contribution in [0.15, 0.2) is 29.3 Å². The third-order valence-electron chi connectivity index (χ3n) is 6.20. The molecule has 1 aromatic carbocycles. The normalized spacial score (nSPS) is 19.8. The number of carbonyl (C=O) groups excluding carboxylic acids is 1. The predicted octanol–water partition coefficient (Wildman–Crippen LogP) is 3.34. The zero-order valence-electron chi connectivity index (χ0n) is 19.9. The Balaban J connectivity index is 1.72. The van der Waals surface area contributed by atoms with Crippen LogP contribution in [0.1, 0.15) is 49.2 Å². The number of nitrogens with zero attached hydrogens (tertiary/aromatic N) is 4. The number of fused-ring (bicyclic) bond motifs is 4. The first-order chi connectivity index (χ1) is 16.0. The topological polar surface area (TPSA) is 94.4 Å². The van der Waals surface area contributed by atoms with Crippen LogP contribution in [-0.2, 0) is 15.9 Å². The highest BCUT2D eigenvalue weighted by molar-refractivity contribution is 5.71. The highest BCUT2D eigenvalue weighted by Gasteiger charge is 2.46. The zero-order valence-corrected chi connectivity index (χ0v) is 19.9. The maximum absolute atomic E-state index is 14.4. The summed E-state index contributed by atoms with van der Waals surface area (Å²) in [6.45, 7) is 9.50. The van der Waals surface area contributed by atoms with Gasteiger partial charge in [0.25, 0.3) is 0 Å². The Morgan fingerprint density at radius 3 is 2.56 bits per heavy atom. The van der Waals surface area contributed by atoms with Crippen molar-refractivity contribution in [1.82, 2.24) is 24.2 Å². The highest BCUT2D eigenvalue weighted by Crippen LogP contribution is 2.41. The molecule has 2 atom stereocenters. The van der Waals surface area contributed by atoms with Crippen LogP contribution in [0.4, 0.5) is 9.18 Å². The van der Waals surface area contributed by atoms with Crippen LogP contribution in [0.25, 0.3) is 11.5 Å². The minimum atomic E-state index is -0.653. The summed E-state index contributed by atoms with van der Waals surface area (Å²) >= 11 is 0. The Labute approximate surface area is 196 Å². The van der Waals surface area contributed by atoms with Crippen molar-refractivity contribution in [1.29, 1.82) is 0 Å². The molecule has 9 nitrogen and oxygen atoms in total. The van der Waals surface area contributed by atoms with E-state index in [1.54, 1.807) is 48.0 Å². The summed E-state index contributed by atoms with van der Waals surface area (Å²) in [5.41, 5.74) is 2.10. The predicted molar refractivity (Wildman–Crippen MR) is 122 cm³/mol. The summed E-state index contributed by atoms with van der Waals surface area (Å²) in [6.07, 6.45) is 3.18. The van der Waals surface area contributed by atoms with Gasteiger partial charge in [-0.2, -0.15) is 5.10 Å². The van der Waals surface area contributed by atoms with Gasteiger partial charge in [0, 0.05) is 24.4 Å². The van der Waals surface area contributed by atoms with Crippen molar-refractivity contribution in [2.45, 2.75) is 58.7 Å². The largest absolute Gasteiger partial charge is 0.444 e. The molecule has 0 saturated carbocycles. The van der Waals surface area contributed by atoms with Gasteiger partial charge in [0.15, 0.2) is 0 Å². The standard InChI is InChI=1S/C24H28FN5O4/c1-13-8-15(9-14(2)20(13)25)30-21(28-7-6-26-22(28)31)19-17(27-30)10-16-11-33-12-18(19)29(16)23(32)34-24(3,4)5/h6-9,16,18H,10-12H2,1-5H3,(H,26,31)/t16-,18-/m0/s1. The number of nitrogens with one attached hydrogen (secondary N) is 1. The van der Waals surface area contributed by atoms with Crippen LogP contribution in [0.2, 0.25) is 0 Å². The van der Waals surface area contributed by atoms with Crippen LogP contribution < -0.4 is 5.69 Å². The summed E-state index contributed by atoms with van der Waals surface area (Å²) in [7, 11) is 0. The Morgan fingerprint density at radius 2 is 1.94 bits per heavy atom. The molecule has 0 aliphatic carbocycles. The van der Waals surface area contributed by atoms with E-state index in [0.29, 0.717) is 35.7 Å². The van der Waals surface area contributed by atoms with Crippen LogP contribution in [0.5, 0.6) is 0 Å². The van der Waals surface area contributed by atoms with E-state index in [2.05, 4.69) is 4.98 Å². The maximum Gasteiger partial charge on any atom is 0.411 e. The molecule has 0 radical (unpaired) electrons. The van der Waals surface area contributed by atoms with Gasteiger partial charge >= 0.3 is 11.8 Å². The van der Waals surface area contributed by atoms with E-state index in [4.69, 9.17) is 14.6 Å². The number of carbonyl (C=O) groups is 1. The molecule has 4 heterocycles. The van der Waals surface area contributed by atoms with Gasteiger partial charge in [0.1, 0.15) is 17.2 Å². The second kappa shape index (κ2) is 7.83. The molecule has 0 unspecified atom stereocenters. The fourth-order valence-electron chi connectivity index (χ4n) is 4.83. The number of aromatic nitrogens is 4. The molecule has 1 saturated heterocycles. The van der Waals surface area contributed by atoms with E-state index in [9.17, 15) is 14.0 Å². The lowest BCUT2D eigenvalue weighted by Gasteiger charge is -2.45. The van der Waals surface area contributed by atoms with Crippen LogP contribution in [0, 0.1) is 19.7 Å². The van der Waals surface area contributed by atoms with Crippen molar-refractivity contribution in [3.63, 3.8) is 0 Å². The molecule has 180 valence electrons. The molecule has 34 heavy (non-hydrogen) atoms. The Kier molecular flexibility index (Phi) is 5.16. The van der Waals surface area contributed by atoms with Crippen molar-refractivity contribution in [3.8, 4) is 11.5 Å². The number of rotatable bonds is 2. The van der Waals surface area contributed by atoms with Crippen molar-refractivity contribution in [2.75, 3.05) is 13.2 Å². The second-order valence-corrected chi connectivity index (χ2v) is 9.92. The van der Waals surface area contributed by atoms with E-state index in [0.717, 1.165) is 11.3 Å². The summed E-state index contributed by atoms with van der Waals surface area (Å²) in [5.74, 6) is 0.218. The van der Waals surface area contributed by atoms with Gasteiger partial charge in [-0.25, -0.2) is 18.7 Å². The molecule has 3 aromatic rings. The van der Waals surface area contributed by atoms with Crippen LogP contribution >= 0.6 is 0 Å². The molecule has 2 aliphatic rings. The van der Waals surface area contributed by atoms with E-state index in [1.807, 2.05) is 20.8 Å². The first-order valence-corrected chi connectivity index (χ1v) is 11.3.